The van der Waals surface area contributed by atoms with Crippen LogP contribution in [0.4, 0.5) is 4.79 Å². The molecule has 0 saturated heterocycles. The molecular formula is C20H26ClN3O4. The summed E-state index contributed by atoms with van der Waals surface area (Å²) < 4.78 is 16.7. The van der Waals surface area contributed by atoms with E-state index < -0.39 is 5.60 Å². The molecule has 1 amide bonds. The third-order valence-electron chi connectivity index (χ3n) is 4.46. The van der Waals surface area contributed by atoms with Crippen LogP contribution in [0.2, 0.25) is 5.02 Å². The van der Waals surface area contributed by atoms with Crippen molar-refractivity contribution in [1.82, 2.24) is 15.5 Å². The van der Waals surface area contributed by atoms with Crippen molar-refractivity contribution in [3.63, 3.8) is 0 Å². The monoisotopic (exact) mass is 407 g/mol. The lowest BCUT2D eigenvalue weighted by Gasteiger charge is -2.28. The summed E-state index contributed by atoms with van der Waals surface area (Å²) >= 11 is 5.86. The van der Waals surface area contributed by atoms with Gasteiger partial charge in [0.05, 0.1) is 0 Å². The van der Waals surface area contributed by atoms with Crippen molar-refractivity contribution in [3.05, 3.63) is 41.1 Å². The maximum absolute atomic E-state index is 11.9. The van der Waals surface area contributed by atoms with E-state index in [-0.39, 0.29) is 24.7 Å². The quantitative estimate of drug-likeness (QED) is 0.762. The van der Waals surface area contributed by atoms with Gasteiger partial charge in [0.15, 0.2) is 6.61 Å². The number of amides is 1. The lowest BCUT2D eigenvalue weighted by molar-refractivity contribution is 0.0490. The summed E-state index contributed by atoms with van der Waals surface area (Å²) in [6.45, 7) is 5.78. The minimum atomic E-state index is -0.491. The van der Waals surface area contributed by atoms with Gasteiger partial charge in [-0.15, -0.1) is 10.2 Å². The zero-order valence-corrected chi connectivity index (χ0v) is 17.2. The van der Waals surface area contributed by atoms with Crippen molar-refractivity contribution < 1.29 is 18.7 Å². The molecular weight excluding hydrogens is 382 g/mol. The fraction of sp³-hybridized carbons (Fsp3) is 0.550. The van der Waals surface area contributed by atoms with Crippen LogP contribution in [0.5, 0.6) is 5.75 Å². The van der Waals surface area contributed by atoms with Gasteiger partial charge >= 0.3 is 6.09 Å². The predicted molar refractivity (Wildman–Crippen MR) is 104 cm³/mol. The summed E-state index contributed by atoms with van der Waals surface area (Å²) in [7, 11) is 0. The standard InChI is InChI=1S/C20H26ClN3O4/c1-20(2,3)28-19(25)22-15-8-4-13(5-9-15)18-24-23-17(27-18)12-26-16-10-6-14(21)7-11-16/h6-7,10-11,13,15H,4-5,8-9,12H2,1-3H3,(H,22,25). The Kier molecular flexibility index (Phi) is 6.44. The smallest absolute Gasteiger partial charge is 0.407 e. The Balaban J connectivity index is 1.45. The molecule has 8 heteroatoms. The molecule has 28 heavy (non-hydrogen) atoms. The minimum absolute atomic E-state index is 0.113. The molecule has 152 valence electrons. The summed E-state index contributed by atoms with van der Waals surface area (Å²) in [4.78, 5) is 11.9. The normalized spacial score (nSPS) is 19.9. The second kappa shape index (κ2) is 8.82. The molecule has 0 bridgehead atoms. The molecule has 1 heterocycles. The molecule has 0 unspecified atom stereocenters. The number of ether oxygens (including phenoxy) is 2. The van der Waals surface area contributed by atoms with Crippen molar-refractivity contribution in [2.75, 3.05) is 0 Å². The van der Waals surface area contributed by atoms with Crippen LogP contribution in [0.3, 0.4) is 0 Å². The number of hydrogen-bond acceptors (Lipinski definition) is 6. The van der Waals surface area contributed by atoms with Gasteiger partial charge in [-0.25, -0.2) is 4.79 Å². The van der Waals surface area contributed by atoms with E-state index >= 15 is 0 Å². The largest absolute Gasteiger partial charge is 0.484 e. The van der Waals surface area contributed by atoms with E-state index in [1.165, 1.54) is 0 Å². The Morgan fingerprint density at radius 3 is 2.50 bits per heavy atom. The number of rotatable bonds is 5. The van der Waals surface area contributed by atoms with Gasteiger partial charge in [-0.05, 0) is 70.7 Å². The van der Waals surface area contributed by atoms with Gasteiger partial charge < -0.3 is 19.2 Å². The van der Waals surface area contributed by atoms with E-state index in [4.69, 9.17) is 25.5 Å². The van der Waals surface area contributed by atoms with Crippen LogP contribution in [-0.4, -0.2) is 27.9 Å². The fourth-order valence-electron chi connectivity index (χ4n) is 3.12. The van der Waals surface area contributed by atoms with Crippen molar-refractivity contribution in [3.8, 4) is 5.75 Å². The molecule has 2 aromatic rings. The predicted octanol–water partition coefficient (Wildman–Crippen LogP) is 4.85. The molecule has 1 fully saturated rings. The van der Waals surface area contributed by atoms with E-state index in [1.54, 1.807) is 24.3 Å². The zero-order valence-electron chi connectivity index (χ0n) is 16.4. The minimum Gasteiger partial charge on any atom is -0.484 e. The zero-order chi connectivity index (χ0) is 20.1. The number of nitrogens with zero attached hydrogens (tertiary/aromatic N) is 2. The highest BCUT2D eigenvalue weighted by Gasteiger charge is 2.28. The van der Waals surface area contributed by atoms with Gasteiger partial charge in [0, 0.05) is 17.0 Å². The van der Waals surface area contributed by atoms with E-state index in [9.17, 15) is 4.79 Å². The average Bonchev–Trinajstić information content (AvgIpc) is 3.09. The molecule has 0 aliphatic heterocycles. The number of alkyl carbamates (subject to hydrolysis) is 1. The van der Waals surface area contributed by atoms with Crippen molar-refractivity contribution in [1.29, 1.82) is 0 Å². The van der Waals surface area contributed by atoms with Gasteiger partial charge in [0.2, 0.25) is 5.89 Å². The topological polar surface area (TPSA) is 86.5 Å². The van der Waals surface area contributed by atoms with Crippen molar-refractivity contribution in [2.24, 2.45) is 0 Å². The SMILES string of the molecule is CC(C)(C)OC(=O)NC1CCC(c2nnc(COc3ccc(Cl)cc3)o2)CC1. The Hall–Kier alpha value is -2.28. The Morgan fingerprint density at radius 1 is 1.18 bits per heavy atom. The van der Waals surface area contributed by atoms with Crippen molar-refractivity contribution in [2.45, 2.75) is 70.6 Å². The van der Waals surface area contributed by atoms with E-state index in [0.29, 0.717) is 22.6 Å². The number of benzene rings is 1. The summed E-state index contributed by atoms with van der Waals surface area (Å²) in [6, 6.07) is 7.22. The Morgan fingerprint density at radius 2 is 1.86 bits per heavy atom. The maximum atomic E-state index is 11.9. The molecule has 0 spiro atoms. The molecule has 1 aliphatic rings. The molecule has 3 rings (SSSR count). The number of hydrogen-bond donors (Lipinski definition) is 1. The molecule has 1 N–H and O–H groups in total. The molecule has 1 aliphatic carbocycles. The molecule has 1 aromatic heterocycles. The highest BCUT2D eigenvalue weighted by molar-refractivity contribution is 6.30. The molecule has 0 radical (unpaired) electrons. The first-order valence-corrected chi connectivity index (χ1v) is 9.86. The third kappa shape index (κ3) is 6.12. The summed E-state index contributed by atoms with van der Waals surface area (Å²) in [6.07, 6.45) is 3.09. The Bertz CT molecular complexity index is 777. The maximum Gasteiger partial charge on any atom is 0.407 e. The van der Waals surface area contributed by atoms with Gasteiger partial charge in [-0.1, -0.05) is 11.6 Å². The number of aromatic nitrogens is 2. The molecule has 0 atom stereocenters. The van der Waals surface area contributed by atoms with Gasteiger partial charge in [-0.2, -0.15) is 0 Å². The number of nitrogens with one attached hydrogen (secondary N) is 1. The van der Waals surface area contributed by atoms with E-state index in [0.717, 1.165) is 25.7 Å². The number of carbonyl (C=O) groups is 1. The average molecular weight is 408 g/mol. The first-order valence-electron chi connectivity index (χ1n) is 9.48. The van der Waals surface area contributed by atoms with Crippen LogP contribution >= 0.6 is 11.6 Å². The second-order valence-corrected chi connectivity index (χ2v) is 8.41. The number of carbonyl (C=O) groups excluding carboxylic acids is 1. The van der Waals surface area contributed by atoms with Crippen LogP contribution in [0, 0.1) is 0 Å². The lowest BCUT2D eigenvalue weighted by Crippen LogP contribution is -2.40. The molecule has 1 aromatic carbocycles. The van der Waals surface area contributed by atoms with Crippen LogP contribution in [0.15, 0.2) is 28.7 Å². The highest BCUT2D eigenvalue weighted by Crippen LogP contribution is 2.32. The van der Waals surface area contributed by atoms with Gasteiger partial charge in [0.1, 0.15) is 11.4 Å². The molecule has 7 nitrogen and oxygen atoms in total. The van der Waals surface area contributed by atoms with Crippen LogP contribution < -0.4 is 10.1 Å². The fourth-order valence-corrected chi connectivity index (χ4v) is 3.25. The van der Waals surface area contributed by atoms with Crippen LogP contribution in [-0.2, 0) is 11.3 Å². The lowest BCUT2D eigenvalue weighted by atomic mass is 9.86. The number of halogens is 1. The van der Waals surface area contributed by atoms with E-state index in [1.807, 2.05) is 20.8 Å². The molecule has 1 saturated carbocycles. The van der Waals surface area contributed by atoms with Crippen molar-refractivity contribution >= 4 is 17.7 Å². The third-order valence-corrected chi connectivity index (χ3v) is 4.71. The summed E-state index contributed by atoms with van der Waals surface area (Å²) in [5, 5.41) is 11.8. The first kappa shape index (κ1) is 20.5. The summed E-state index contributed by atoms with van der Waals surface area (Å²) in [5.41, 5.74) is -0.491. The first-order chi connectivity index (χ1) is 13.3. The van der Waals surface area contributed by atoms with Crippen LogP contribution in [0.1, 0.15) is 64.2 Å². The Labute approximate surface area is 169 Å². The van der Waals surface area contributed by atoms with E-state index in [2.05, 4.69) is 15.5 Å². The van der Waals surface area contributed by atoms with Crippen LogP contribution in [0.25, 0.3) is 0 Å². The second-order valence-electron chi connectivity index (χ2n) is 7.97. The van der Waals surface area contributed by atoms with Gasteiger partial charge in [0.25, 0.3) is 5.89 Å². The summed E-state index contributed by atoms with van der Waals surface area (Å²) in [5.74, 6) is 1.97. The van der Waals surface area contributed by atoms with Gasteiger partial charge in [-0.3, -0.25) is 0 Å². The highest BCUT2D eigenvalue weighted by atomic mass is 35.5.